The van der Waals surface area contributed by atoms with Crippen molar-refractivity contribution >= 4 is 87.2 Å². The van der Waals surface area contributed by atoms with Crippen molar-refractivity contribution in [3.8, 4) is 0 Å². The van der Waals surface area contributed by atoms with Crippen LogP contribution in [0, 0.1) is 0 Å². The van der Waals surface area contributed by atoms with Crippen LogP contribution in [0.2, 0.25) is 0 Å². The highest BCUT2D eigenvalue weighted by molar-refractivity contribution is 8.76. The van der Waals surface area contributed by atoms with E-state index in [4.69, 9.17) is 0 Å². The van der Waals surface area contributed by atoms with Gasteiger partial charge in [-0.1, -0.05) is 0 Å². The van der Waals surface area contributed by atoms with Crippen LogP contribution in [0.5, 0.6) is 0 Å². The summed E-state index contributed by atoms with van der Waals surface area (Å²) in [5.74, 6) is -4.38. The lowest BCUT2D eigenvalue weighted by Crippen LogP contribution is -2.56. The van der Waals surface area contributed by atoms with Crippen LogP contribution in [0.25, 0.3) is 0 Å². The monoisotopic (exact) mass is 1050 g/mol. The smallest absolute Gasteiger partial charge is 0.192 e. The van der Waals surface area contributed by atoms with Gasteiger partial charge in [0.2, 0.25) is 0 Å². The number of imidazole rings is 4. The molecule has 4 heterocycles. The van der Waals surface area contributed by atoms with Gasteiger partial charge in [-0.2, -0.15) is 0 Å². The Morgan fingerprint density at radius 1 is 0.485 bits per heavy atom. The normalized spacial score (nSPS) is 13.5. The number of hydrogen-bond acceptors (Lipinski definition) is 16. The molecule has 4 aromatic heterocycles. The third kappa shape index (κ3) is 19.3. The van der Waals surface area contributed by atoms with E-state index in [9.17, 15) is 44.4 Å². The lowest BCUT2D eigenvalue weighted by atomic mass is 10.1. The molecule has 26 heteroatoms. The van der Waals surface area contributed by atoms with Crippen LogP contribution in [0.1, 0.15) is 29.7 Å². The molecule has 21 nitrogen and oxygen atoms in total. The predicted molar refractivity (Wildman–Crippen MR) is 258 cm³/mol. The zero-order valence-electron chi connectivity index (χ0n) is 42.1. The van der Waals surface area contributed by atoms with Gasteiger partial charge in [-0.3, -0.25) is 4.79 Å². The van der Waals surface area contributed by atoms with Crippen LogP contribution in [-0.4, -0.2) is 194 Å². The van der Waals surface area contributed by atoms with Gasteiger partial charge in [0.25, 0.3) is 0 Å². The first-order valence-electron chi connectivity index (χ1n) is 20.6. The van der Waals surface area contributed by atoms with E-state index in [0.29, 0.717) is 33.0 Å². The number of likely N-dealkylation sites (N-methyl/N-ethyl adjacent to an activating group) is 4. The molecule has 384 valence electrons. The Morgan fingerprint density at radius 2 is 0.765 bits per heavy atom. The predicted octanol–water partition coefficient (Wildman–Crippen LogP) is -2.26. The number of aryl methyl sites for hydroxylation is 4. The standard InChI is InChI=1S/C20H32N6O4S2.C12H19N3O3S.C10H17N3O2.2ClH/c1-23-11-21-13(9-15(19(27)28)25(3,4)5)17(23)31-32-18-14(22-12-24(18)2)10-16(20(29)30)26(6,7)8;1-8(16)19-11-9(13-7-14(11)2)6-10(12(17)18)15(3,4)5;1-12-6-8(11-7-12)5-9(10(14)15)13(2,3)4;;/h11-12,15-16H,9-10H2,1-8H3;7,10H,6H2,1-5H3;6-7,9H,5H2,1-4H3;2*1H/t15-,16-;10-;9-;;/m000../s1. The lowest BCUT2D eigenvalue weighted by molar-refractivity contribution is -0.889. The van der Waals surface area contributed by atoms with E-state index in [1.165, 1.54) is 28.5 Å². The number of thioether (sulfide) groups is 1. The van der Waals surface area contributed by atoms with Crippen LogP contribution >= 0.6 is 58.2 Å². The molecule has 4 atom stereocenters. The van der Waals surface area contributed by atoms with Gasteiger partial charge in [-0.15, -0.1) is 24.8 Å². The second kappa shape index (κ2) is 26.2. The second-order valence-electron chi connectivity index (χ2n) is 19.7. The minimum Gasteiger partial charge on any atom is -0.544 e. The van der Waals surface area contributed by atoms with Gasteiger partial charge in [0, 0.05) is 47.7 Å². The Morgan fingerprint density at radius 3 is 1.01 bits per heavy atom. The fourth-order valence-corrected chi connectivity index (χ4v) is 9.82. The Labute approximate surface area is 424 Å². The SMILES string of the molecule is CC(=O)Sc1c(C[C@@H](C(=O)[O-])[N+](C)(C)C)ncn1C.Cl.Cl.Cn1cnc(C[C@@H](C(=O)[O-])[N+](C)(C)C)c1.Cn1cnc(C[C@@H](C(=O)[O-])[N+](C)(C)C)c1SSc1c(C[C@@H](C(=O)[O-])[N+](C)(C)C)ncn1C. The van der Waals surface area contributed by atoms with Gasteiger partial charge in [-0.25, -0.2) is 19.9 Å². The summed E-state index contributed by atoms with van der Waals surface area (Å²) >= 11 is 1.06. The van der Waals surface area contributed by atoms with Crippen molar-refractivity contribution in [2.75, 3.05) is 84.6 Å². The third-order valence-electron chi connectivity index (χ3n) is 10.5. The Kier molecular flexibility index (Phi) is 24.6. The Hall–Kier alpha value is -4.14. The molecular weight excluding hydrogens is 984 g/mol. The van der Waals surface area contributed by atoms with Crippen molar-refractivity contribution in [3.05, 3.63) is 54.3 Å². The molecule has 0 unspecified atom stereocenters. The first-order valence-corrected chi connectivity index (χ1v) is 23.6. The maximum atomic E-state index is 11.7. The number of carboxylic acid groups (broad SMARTS) is 4. The summed E-state index contributed by atoms with van der Waals surface area (Å²) < 4.78 is 8.24. The summed E-state index contributed by atoms with van der Waals surface area (Å²) in [6, 6.07) is -2.76. The first kappa shape index (κ1) is 63.9. The molecule has 4 rings (SSSR count). The number of halogens is 2. The summed E-state index contributed by atoms with van der Waals surface area (Å²) in [6.45, 7) is 1.47. The highest BCUT2D eigenvalue weighted by Crippen LogP contribution is 2.40. The highest BCUT2D eigenvalue weighted by atomic mass is 35.5. The molecule has 0 aromatic carbocycles. The molecule has 0 saturated heterocycles. The molecule has 0 radical (unpaired) electrons. The summed E-state index contributed by atoms with van der Waals surface area (Å²) in [4.78, 5) is 74.0. The third-order valence-corrected chi connectivity index (χ3v) is 14.1. The number of hydrogen-bond donors (Lipinski definition) is 0. The zero-order chi connectivity index (χ0) is 50.9. The van der Waals surface area contributed by atoms with Gasteiger partial charge < -0.3 is 75.8 Å². The largest absolute Gasteiger partial charge is 0.544 e. The molecule has 0 aliphatic rings. The van der Waals surface area contributed by atoms with Crippen molar-refractivity contribution in [1.29, 1.82) is 0 Å². The number of nitrogens with zero attached hydrogens (tertiary/aromatic N) is 12. The number of carboxylic acids is 4. The summed E-state index contributed by atoms with van der Waals surface area (Å²) in [6.07, 6.45) is 9.51. The summed E-state index contributed by atoms with van der Waals surface area (Å²) in [5.41, 5.74) is 2.74. The fourth-order valence-electron chi connectivity index (χ4n) is 6.40. The Balaban J connectivity index is 0.00000106. The maximum Gasteiger partial charge on any atom is 0.192 e. The number of carbonyl (C=O) groups is 5. The quantitative estimate of drug-likeness (QED) is 0.0515. The maximum absolute atomic E-state index is 11.7. The number of quaternary nitrogens is 4. The van der Waals surface area contributed by atoms with E-state index in [1.54, 1.807) is 62.6 Å². The number of carbonyl (C=O) groups excluding carboxylic acids is 5. The molecule has 0 N–H and O–H groups in total. The van der Waals surface area contributed by atoms with E-state index in [-0.39, 0.29) is 62.6 Å². The number of aliphatic carboxylic acids is 4. The molecule has 0 amide bonds. The minimum absolute atomic E-state index is 0. The fraction of sp³-hybridized carbons (Fsp3) is 0.595. The molecule has 68 heavy (non-hydrogen) atoms. The van der Waals surface area contributed by atoms with Crippen molar-refractivity contribution in [1.82, 2.24) is 38.2 Å². The molecule has 0 fully saturated rings. The van der Waals surface area contributed by atoms with E-state index in [0.717, 1.165) is 27.5 Å². The summed E-state index contributed by atoms with van der Waals surface area (Å²) in [5, 5.41) is 47.9. The molecule has 0 bridgehead atoms. The average molecular weight is 1050 g/mol. The van der Waals surface area contributed by atoms with Crippen LogP contribution in [0.4, 0.5) is 0 Å². The average Bonchev–Trinajstić information content (AvgIpc) is 3.91. The molecule has 0 saturated carbocycles. The highest BCUT2D eigenvalue weighted by Gasteiger charge is 2.32. The minimum atomic E-state index is -1.12. The number of aromatic nitrogens is 8. The topological polar surface area (TPSA) is 249 Å². The molecule has 0 aliphatic heterocycles. The second-order valence-corrected chi connectivity index (χ2v) is 23.0. The van der Waals surface area contributed by atoms with Gasteiger partial charge in [0.15, 0.2) is 5.12 Å². The van der Waals surface area contributed by atoms with E-state index >= 15 is 0 Å². The molecule has 0 aliphatic carbocycles. The van der Waals surface area contributed by atoms with Crippen LogP contribution in [0.3, 0.4) is 0 Å². The lowest BCUT2D eigenvalue weighted by Gasteiger charge is -2.34. The Bertz CT molecular complexity index is 2230. The van der Waals surface area contributed by atoms with Crippen molar-refractivity contribution in [3.63, 3.8) is 0 Å². The molecule has 4 aromatic rings. The summed E-state index contributed by atoms with van der Waals surface area (Å²) in [7, 11) is 32.0. The van der Waals surface area contributed by atoms with E-state index in [2.05, 4.69) is 19.9 Å². The van der Waals surface area contributed by atoms with Gasteiger partial charge in [-0.05, 0) is 33.3 Å². The van der Waals surface area contributed by atoms with E-state index < -0.39 is 48.0 Å². The molecule has 0 spiro atoms. The van der Waals surface area contributed by atoms with Crippen molar-refractivity contribution < 1.29 is 62.3 Å². The first-order chi connectivity index (χ1) is 30.1. The van der Waals surface area contributed by atoms with Gasteiger partial charge in [0.1, 0.15) is 39.2 Å². The molecular formula is C42H70Cl2N12O9S3. The van der Waals surface area contributed by atoms with Gasteiger partial charge in [0.05, 0.1) is 176 Å². The van der Waals surface area contributed by atoms with Crippen molar-refractivity contribution in [2.45, 2.75) is 71.9 Å². The van der Waals surface area contributed by atoms with Gasteiger partial charge >= 0.3 is 0 Å². The van der Waals surface area contributed by atoms with Crippen LogP contribution in [-0.2, 0) is 77.8 Å². The number of rotatable bonds is 20. The van der Waals surface area contributed by atoms with Crippen LogP contribution in [0.15, 0.2) is 46.6 Å². The zero-order valence-corrected chi connectivity index (χ0v) is 46.2. The van der Waals surface area contributed by atoms with E-state index in [1.807, 2.05) is 99.9 Å². The van der Waals surface area contributed by atoms with Crippen LogP contribution < -0.4 is 20.4 Å². The van der Waals surface area contributed by atoms with Crippen molar-refractivity contribution in [2.24, 2.45) is 28.2 Å².